The molecule has 2 aliphatic carbocycles. The van der Waals surface area contributed by atoms with Crippen LogP contribution in [-0.4, -0.2) is 14.5 Å². The molecule has 0 saturated carbocycles. The summed E-state index contributed by atoms with van der Waals surface area (Å²) >= 11 is 0. The van der Waals surface area contributed by atoms with E-state index in [9.17, 15) is 0 Å². The molecule has 4 heteroatoms. The standard InChI is InChI=1S/C59H35N3O/c1-3-15-36(16-4-1)52-35-53(37-17-5-2-6-18-37)61-58(60-52)62-54-26-14-10-22-43(54)45-31-38(27-29-55(45)62)39-28-30-56-46(32-39)47-33-44-42-21-9-13-25-50(42)59(51(44)34-57(47)63-56)48-23-11-7-19-40(48)41-20-8-12-24-49(41)59/h1-35H. The van der Waals surface area contributed by atoms with E-state index in [0.29, 0.717) is 5.95 Å². The van der Waals surface area contributed by atoms with Crippen molar-refractivity contribution < 1.29 is 4.42 Å². The van der Waals surface area contributed by atoms with Gasteiger partial charge in [0, 0.05) is 32.7 Å². The first kappa shape index (κ1) is 34.4. The normalized spacial score (nSPS) is 13.2. The fraction of sp³-hybridized carbons (Fsp3) is 0.0169. The molecule has 1 spiro atoms. The Morgan fingerprint density at radius 3 is 1.49 bits per heavy atom. The fourth-order valence-corrected chi connectivity index (χ4v) is 11.0. The lowest BCUT2D eigenvalue weighted by Gasteiger charge is -2.30. The van der Waals surface area contributed by atoms with E-state index in [1.165, 1.54) is 44.5 Å². The van der Waals surface area contributed by atoms with Crippen LogP contribution in [-0.2, 0) is 5.41 Å². The van der Waals surface area contributed by atoms with Crippen molar-refractivity contribution in [3.63, 3.8) is 0 Å². The predicted octanol–water partition coefficient (Wildman–Crippen LogP) is 14.8. The second-order valence-corrected chi connectivity index (χ2v) is 16.8. The zero-order valence-electron chi connectivity index (χ0n) is 34.0. The van der Waals surface area contributed by atoms with Gasteiger partial charge in [-0.25, -0.2) is 9.97 Å². The molecule has 0 fully saturated rings. The van der Waals surface area contributed by atoms with Crippen LogP contribution in [0.1, 0.15) is 22.3 Å². The van der Waals surface area contributed by atoms with Crippen LogP contribution in [0.4, 0.5) is 0 Å². The third kappa shape index (κ3) is 4.75. The highest BCUT2D eigenvalue weighted by Crippen LogP contribution is 2.63. The van der Waals surface area contributed by atoms with Gasteiger partial charge in [-0.05, 0) is 104 Å². The minimum absolute atomic E-state index is 0.414. The van der Waals surface area contributed by atoms with E-state index >= 15 is 0 Å². The van der Waals surface area contributed by atoms with E-state index in [-0.39, 0.29) is 0 Å². The fourth-order valence-electron chi connectivity index (χ4n) is 11.0. The molecule has 2 aliphatic rings. The maximum absolute atomic E-state index is 6.79. The van der Waals surface area contributed by atoms with Crippen LogP contribution < -0.4 is 0 Å². The maximum Gasteiger partial charge on any atom is 0.235 e. The molecule has 0 unspecified atom stereocenters. The third-order valence-electron chi connectivity index (χ3n) is 13.6. The Hall–Kier alpha value is -8.34. The SMILES string of the molecule is c1ccc(-c2cc(-c3ccccc3)nc(-n3c4ccccc4c4cc(-c5ccc6oc7cc8c(cc7c6c5)-c5ccccc5C85c6ccccc6-c6ccccc65)ccc43)n2)cc1. The van der Waals surface area contributed by atoms with Crippen molar-refractivity contribution in [1.82, 2.24) is 14.5 Å². The molecule has 4 nitrogen and oxygen atoms in total. The first-order valence-corrected chi connectivity index (χ1v) is 21.6. The summed E-state index contributed by atoms with van der Waals surface area (Å²) in [5, 5.41) is 4.53. The van der Waals surface area contributed by atoms with Crippen LogP contribution >= 0.6 is 0 Å². The molecule has 292 valence electrons. The molecule has 3 heterocycles. The van der Waals surface area contributed by atoms with Gasteiger partial charge in [0.15, 0.2) is 0 Å². The van der Waals surface area contributed by atoms with Gasteiger partial charge in [-0.3, -0.25) is 4.57 Å². The third-order valence-corrected chi connectivity index (χ3v) is 13.6. The van der Waals surface area contributed by atoms with E-state index in [2.05, 4.69) is 205 Å². The Balaban J connectivity index is 0.939. The number of aromatic nitrogens is 3. The molecule has 0 amide bonds. The second-order valence-electron chi connectivity index (χ2n) is 16.8. The maximum atomic E-state index is 6.79. The Kier molecular flexibility index (Phi) is 7.01. The van der Waals surface area contributed by atoms with Crippen LogP contribution in [0.5, 0.6) is 0 Å². The summed E-state index contributed by atoms with van der Waals surface area (Å²) in [7, 11) is 0. The molecule has 63 heavy (non-hydrogen) atoms. The summed E-state index contributed by atoms with van der Waals surface area (Å²) in [5.74, 6) is 0.640. The summed E-state index contributed by atoms with van der Waals surface area (Å²) < 4.78 is 9.01. The van der Waals surface area contributed by atoms with E-state index in [0.717, 1.165) is 77.4 Å². The van der Waals surface area contributed by atoms with Crippen molar-refractivity contribution in [1.29, 1.82) is 0 Å². The lowest BCUT2D eigenvalue weighted by Crippen LogP contribution is -2.25. The average molecular weight is 802 g/mol. The minimum Gasteiger partial charge on any atom is -0.456 e. The van der Waals surface area contributed by atoms with E-state index in [1.54, 1.807) is 0 Å². The van der Waals surface area contributed by atoms with Crippen molar-refractivity contribution in [3.05, 3.63) is 235 Å². The van der Waals surface area contributed by atoms with Gasteiger partial charge < -0.3 is 4.42 Å². The van der Waals surface area contributed by atoms with E-state index in [1.807, 2.05) is 12.1 Å². The van der Waals surface area contributed by atoms with E-state index < -0.39 is 5.41 Å². The summed E-state index contributed by atoms with van der Waals surface area (Å²) in [6.45, 7) is 0. The molecule has 12 aromatic rings. The molecule has 0 radical (unpaired) electrons. The van der Waals surface area contributed by atoms with Gasteiger partial charge >= 0.3 is 0 Å². The van der Waals surface area contributed by atoms with E-state index in [4.69, 9.17) is 14.4 Å². The number of hydrogen-bond acceptors (Lipinski definition) is 3. The van der Waals surface area contributed by atoms with Crippen LogP contribution in [0.3, 0.4) is 0 Å². The number of furan rings is 1. The van der Waals surface area contributed by atoms with Gasteiger partial charge in [0.1, 0.15) is 11.2 Å². The smallest absolute Gasteiger partial charge is 0.235 e. The lowest BCUT2D eigenvalue weighted by molar-refractivity contribution is 0.666. The molecular formula is C59H35N3O. The van der Waals surface area contributed by atoms with Crippen molar-refractivity contribution in [3.8, 4) is 61.8 Å². The number of benzene rings is 9. The summed E-state index contributed by atoms with van der Waals surface area (Å²) in [4.78, 5) is 10.5. The Bertz CT molecular complexity index is 3760. The largest absolute Gasteiger partial charge is 0.456 e. The topological polar surface area (TPSA) is 43.9 Å². The van der Waals surface area contributed by atoms with Crippen LogP contribution in [0.2, 0.25) is 0 Å². The van der Waals surface area contributed by atoms with Gasteiger partial charge in [-0.1, -0.05) is 164 Å². The predicted molar refractivity (Wildman–Crippen MR) is 256 cm³/mol. The molecule has 0 N–H and O–H groups in total. The molecule has 0 aliphatic heterocycles. The Labute approximate surface area is 363 Å². The van der Waals surface area contributed by atoms with Gasteiger partial charge in [-0.15, -0.1) is 0 Å². The molecular weight excluding hydrogens is 767 g/mol. The van der Waals surface area contributed by atoms with Crippen LogP contribution in [0.15, 0.2) is 217 Å². The molecule has 9 aromatic carbocycles. The lowest BCUT2D eigenvalue weighted by atomic mass is 9.70. The van der Waals surface area contributed by atoms with Crippen molar-refractivity contribution >= 4 is 43.7 Å². The zero-order valence-corrected chi connectivity index (χ0v) is 34.0. The summed E-state index contributed by atoms with van der Waals surface area (Å²) in [6.07, 6.45) is 0. The zero-order chi connectivity index (χ0) is 41.2. The first-order chi connectivity index (χ1) is 31.2. The average Bonchev–Trinajstić information content (AvgIpc) is 4.06. The number of nitrogens with zero attached hydrogens (tertiary/aromatic N) is 3. The van der Waals surface area contributed by atoms with Crippen molar-refractivity contribution in [2.45, 2.75) is 5.41 Å². The van der Waals surface area contributed by atoms with Crippen molar-refractivity contribution in [2.75, 3.05) is 0 Å². The highest BCUT2D eigenvalue weighted by molar-refractivity contribution is 6.12. The summed E-state index contributed by atoms with van der Waals surface area (Å²) in [6, 6.07) is 76.4. The second kappa shape index (κ2) is 12.8. The Morgan fingerprint density at radius 2 is 0.841 bits per heavy atom. The first-order valence-electron chi connectivity index (χ1n) is 21.6. The number of para-hydroxylation sites is 1. The molecule has 3 aromatic heterocycles. The molecule has 14 rings (SSSR count). The Morgan fingerprint density at radius 1 is 0.333 bits per heavy atom. The van der Waals surface area contributed by atoms with Crippen LogP contribution in [0.25, 0.3) is 106 Å². The van der Waals surface area contributed by atoms with Crippen molar-refractivity contribution in [2.24, 2.45) is 0 Å². The molecule has 0 atom stereocenters. The highest BCUT2D eigenvalue weighted by Gasteiger charge is 2.51. The molecule has 0 bridgehead atoms. The monoisotopic (exact) mass is 801 g/mol. The highest BCUT2D eigenvalue weighted by atomic mass is 16.3. The van der Waals surface area contributed by atoms with Gasteiger partial charge in [0.05, 0.1) is 27.8 Å². The van der Waals surface area contributed by atoms with Gasteiger partial charge in [0.2, 0.25) is 5.95 Å². The number of fused-ring (bicyclic) bond motifs is 16. The van der Waals surface area contributed by atoms with Gasteiger partial charge in [-0.2, -0.15) is 0 Å². The number of hydrogen-bond donors (Lipinski definition) is 0. The molecule has 0 saturated heterocycles. The minimum atomic E-state index is -0.414. The van der Waals surface area contributed by atoms with Crippen LogP contribution in [0, 0.1) is 0 Å². The summed E-state index contributed by atoms with van der Waals surface area (Å²) in [5.41, 5.74) is 20.0. The van der Waals surface area contributed by atoms with Gasteiger partial charge in [0.25, 0.3) is 0 Å². The quantitative estimate of drug-likeness (QED) is 0.178. The number of rotatable bonds is 4.